The highest BCUT2D eigenvalue weighted by atomic mass is 32.1. The van der Waals surface area contributed by atoms with Crippen molar-refractivity contribution in [3.63, 3.8) is 0 Å². The number of carbonyl (C=O) groups is 2. The Morgan fingerprint density at radius 2 is 1.95 bits per heavy atom. The van der Waals surface area contributed by atoms with Gasteiger partial charge >= 0.3 is 0 Å². The number of nitrogens with one attached hydrogen (secondary N) is 1. The molecule has 2 amide bonds. The van der Waals surface area contributed by atoms with Crippen molar-refractivity contribution in [1.82, 2.24) is 19.6 Å². The summed E-state index contributed by atoms with van der Waals surface area (Å²) in [5.74, 6) is -0.262. The minimum Gasteiger partial charge on any atom is -0.496 e. The molecule has 0 atom stereocenters. The van der Waals surface area contributed by atoms with E-state index in [0.29, 0.717) is 29.7 Å². The van der Waals surface area contributed by atoms with Crippen molar-refractivity contribution in [2.45, 2.75) is 31.9 Å². The van der Waals surface area contributed by atoms with Gasteiger partial charge in [0, 0.05) is 37.3 Å². The number of aromatic nitrogens is 2. The number of thiazole rings is 1. The molecule has 1 aliphatic heterocycles. The molecule has 8 nitrogen and oxygen atoms in total. The molecule has 0 radical (unpaired) electrons. The minimum absolute atomic E-state index is 0.141. The Kier molecular flexibility index (Phi) is 7.12. The highest BCUT2D eigenvalue weighted by molar-refractivity contribution is 7.23. The van der Waals surface area contributed by atoms with Crippen LogP contribution in [0.3, 0.4) is 0 Å². The first-order valence-corrected chi connectivity index (χ1v) is 13.2. The molecular formula is C27H30FN5O3S. The second kappa shape index (κ2) is 10.5. The lowest BCUT2D eigenvalue weighted by Crippen LogP contribution is -2.35. The van der Waals surface area contributed by atoms with Crippen LogP contribution in [0.4, 0.5) is 4.39 Å². The van der Waals surface area contributed by atoms with Crippen LogP contribution in [0, 0.1) is 0 Å². The molecule has 10 heteroatoms. The van der Waals surface area contributed by atoms with E-state index in [-0.39, 0.29) is 5.91 Å². The van der Waals surface area contributed by atoms with Crippen LogP contribution < -0.4 is 15.8 Å². The van der Waals surface area contributed by atoms with Crippen LogP contribution >= 0.6 is 11.3 Å². The molecule has 1 aliphatic rings. The van der Waals surface area contributed by atoms with E-state index in [0.717, 1.165) is 64.6 Å². The lowest BCUT2D eigenvalue weighted by atomic mass is 10.0. The average Bonchev–Trinajstić information content (AvgIpc) is 3.44. The van der Waals surface area contributed by atoms with E-state index in [1.54, 1.807) is 25.2 Å². The van der Waals surface area contributed by atoms with Gasteiger partial charge < -0.3 is 20.7 Å². The van der Waals surface area contributed by atoms with Gasteiger partial charge in [-0.2, -0.15) is 0 Å². The highest BCUT2D eigenvalue weighted by Crippen LogP contribution is 2.37. The molecule has 0 unspecified atom stereocenters. The van der Waals surface area contributed by atoms with Gasteiger partial charge in [0.25, 0.3) is 11.8 Å². The fourth-order valence-corrected chi connectivity index (χ4v) is 6.06. The average molecular weight is 524 g/mol. The Morgan fingerprint density at radius 1 is 1.22 bits per heavy atom. The van der Waals surface area contributed by atoms with E-state index in [9.17, 15) is 14.0 Å². The molecule has 3 N–H and O–H groups in total. The number of nitrogens with zero attached hydrogens (tertiary/aromatic N) is 3. The smallest absolute Gasteiger partial charge is 0.252 e. The first kappa shape index (κ1) is 25.2. The monoisotopic (exact) mass is 523 g/mol. The number of aryl methyl sites for hydroxylation is 1. The molecule has 5 rings (SSSR count). The SMILES string of the molecule is CNC(=O)c1ccc(-c2nc3sc4cc(C(N)=O)c(OC)cc4n3c2CCCN2CCC(F)CC2)cc1. The molecule has 1 saturated heterocycles. The van der Waals surface area contributed by atoms with Crippen molar-refractivity contribution in [3.8, 4) is 17.0 Å². The number of fused-ring (bicyclic) bond motifs is 3. The predicted octanol–water partition coefficient (Wildman–Crippen LogP) is 4.05. The number of methoxy groups -OCH3 is 1. The Balaban J connectivity index is 1.56. The van der Waals surface area contributed by atoms with Gasteiger partial charge in [0.15, 0.2) is 4.96 Å². The fourth-order valence-electron chi connectivity index (χ4n) is 4.99. The number of ether oxygens (including phenoxy) is 1. The normalized spacial score (nSPS) is 14.9. The number of carbonyl (C=O) groups excluding carboxylic acids is 2. The molecule has 2 aromatic heterocycles. The van der Waals surface area contributed by atoms with Crippen LogP contribution in [-0.2, 0) is 6.42 Å². The molecule has 194 valence electrons. The molecule has 0 aliphatic carbocycles. The predicted molar refractivity (Wildman–Crippen MR) is 143 cm³/mol. The third-order valence-electron chi connectivity index (χ3n) is 6.98. The van der Waals surface area contributed by atoms with Crippen molar-refractivity contribution >= 4 is 38.3 Å². The Bertz CT molecular complexity index is 1450. The van der Waals surface area contributed by atoms with E-state index in [1.807, 2.05) is 18.2 Å². The molecular weight excluding hydrogens is 493 g/mol. The topological polar surface area (TPSA) is 102 Å². The van der Waals surface area contributed by atoms with Gasteiger partial charge in [0.1, 0.15) is 11.9 Å². The Morgan fingerprint density at radius 3 is 2.59 bits per heavy atom. The highest BCUT2D eigenvalue weighted by Gasteiger charge is 2.22. The van der Waals surface area contributed by atoms with Crippen molar-refractivity contribution < 1.29 is 18.7 Å². The van der Waals surface area contributed by atoms with Crippen molar-refractivity contribution in [2.75, 3.05) is 33.8 Å². The van der Waals surface area contributed by atoms with Crippen molar-refractivity contribution in [3.05, 3.63) is 53.2 Å². The number of primary amides is 1. The summed E-state index contributed by atoms with van der Waals surface area (Å²) in [5, 5.41) is 2.64. The van der Waals surface area contributed by atoms with Crippen molar-refractivity contribution in [2.24, 2.45) is 5.73 Å². The summed E-state index contributed by atoms with van der Waals surface area (Å²) in [7, 11) is 3.13. The number of halogens is 1. The van der Waals surface area contributed by atoms with Crippen LogP contribution in [0.1, 0.15) is 45.7 Å². The van der Waals surface area contributed by atoms with E-state index < -0.39 is 12.1 Å². The van der Waals surface area contributed by atoms with Gasteiger partial charge in [0.05, 0.1) is 34.3 Å². The molecule has 37 heavy (non-hydrogen) atoms. The number of nitrogens with two attached hydrogens (primary N) is 1. The van der Waals surface area contributed by atoms with Crippen LogP contribution in [0.5, 0.6) is 5.75 Å². The third kappa shape index (κ3) is 4.91. The minimum atomic E-state index is -0.687. The summed E-state index contributed by atoms with van der Waals surface area (Å²) in [6, 6.07) is 11.0. The number of alkyl halides is 1. The van der Waals surface area contributed by atoms with Crippen LogP contribution in [-0.4, -0.2) is 66.1 Å². The van der Waals surface area contributed by atoms with Crippen LogP contribution in [0.2, 0.25) is 0 Å². The largest absolute Gasteiger partial charge is 0.496 e. The zero-order valence-corrected chi connectivity index (χ0v) is 21.7. The fraction of sp³-hybridized carbons (Fsp3) is 0.370. The number of amides is 2. The summed E-state index contributed by atoms with van der Waals surface area (Å²) in [6.45, 7) is 2.45. The maximum Gasteiger partial charge on any atom is 0.252 e. The molecule has 4 aromatic rings. The van der Waals surface area contributed by atoms with E-state index in [1.165, 1.54) is 18.4 Å². The third-order valence-corrected chi connectivity index (χ3v) is 7.99. The Hall–Kier alpha value is -3.50. The van der Waals surface area contributed by atoms with Crippen LogP contribution in [0.15, 0.2) is 36.4 Å². The molecule has 0 bridgehead atoms. The number of likely N-dealkylation sites (tertiary alicyclic amines) is 1. The summed E-state index contributed by atoms with van der Waals surface area (Å²) in [5.41, 5.74) is 10.2. The summed E-state index contributed by atoms with van der Waals surface area (Å²) in [4.78, 5) is 32.1. The summed E-state index contributed by atoms with van der Waals surface area (Å²) >= 11 is 1.49. The van der Waals surface area contributed by atoms with Gasteiger partial charge in [0.2, 0.25) is 0 Å². The molecule has 1 fully saturated rings. The molecule has 0 saturated carbocycles. The van der Waals surface area contributed by atoms with Gasteiger partial charge in [-0.15, -0.1) is 0 Å². The number of benzene rings is 2. The first-order chi connectivity index (χ1) is 17.9. The number of imidazole rings is 1. The van der Waals surface area contributed by atoms with E-state index >= 15 is 0 Å². The summed E-state index contributed by atoms with van der Waals surface area (Å²) in [6.07, 6.45) is 2.15. The summed E-state index contributed by atoms with van der Waals surface area (Å²) < 4.78 is 22.1. The second-order valence-corrected chi connectivity index (χ2v) is 10.3. The molecule has 3 heterocycles. The van der Waals surface area contributed by atoms with Crippen molar-refractivity contribution in [1.29, 1.82) is 0 Å². The standard InChI is InChI=1S/C27H30FN5O3S/c1-30-26(35)17-7-5-16(6-8-17)24-20(4-3-11-32-12-9-18(28)10-13-32)33-21-15-22(36-2)19(25(29)34)14-23(21)37-27(33)31-24/h5-8,14-15,18H,3-4,9-13H2,1-2H3,(H2,29,34)(H,30,35). The zero-order valence-electron chi connectivity index (χ0n) is 20.9. The van der Waals surface area contributed by atoms with Gasteiger partial charge in [-0.25, -0.2) is 9.37 Å². The maximum absolute atomic E-state index is 13.6. The second-order valence-electron chi connectivity index (χ2n) is 9.29. The maximum atomic E-state index is 13.6. The van der Waals surface area contributed by atoms with E-state index in [4.69, 9.17) is 15.5 Å². The quantitative estimate of drug-likeness (QED) is 0.363. The number of rotatable bonds is 8. The lowest BCUT2D eigenvalue weighted by Gasteiger charge is -2.28. The zero-order chi connectivity index (χ0) is 26.1. The number of piperidine rings is 1. The van der Waals surface area contributed by atoms with E-state index in [2.05, 4.69) is 14.6 Å². The first-order valence-electron chi connectivity index (χ1n) is 12.4. The van der Waals surface area contributed by atoms with Crippen LogP contribution in [0.25, 0.3) is 26.4 Å². The van der Waals surface area contributed by atoms with Gasteiger partial charge in [-0.3, -0.25) is 14.0 Å². The van der Waals surface area contributed by atoms with Gasteiger partial charge in [-0.05, 0) is 50.4 Å². The Labute approximate surface area is 218 Å². The molecule has 2 aromatic carbocycles. The number of hydrogen-bond donors (Lipinski definition) is 2. The van der Waals surface area contributed by atoms with Gasteiger partial charge in [-0.1, -0.05) is 23.5 Å². The number of hydrogen-bond acceptors (Lipinski definition) is 6. The lowest BCUT2D eigenvalue weighted by molar-refractivity contribution is 0.0961. The molecule has 0 spiro atoms.